The third-order valence-electron chi connectivity index (χ3n) is 4.12. The molecule has 0 aliphatic carbocycles. The van der Waals surface area contributed by atoms with Crippen LogP contribution in [0, 0.1) is 0 Å². The maximum atomic E-state index is 6.39. The molecule has 0 saturated carbocycles. The zero-order chi connectivity index (χ0) is 15.1. The average Bonchev–Trinajstić information content (AvgIpc) is 2.94. The molecule has 1 atom stereocenters. The Morgan fingerprint density at radius 1 is 0.955 bits per heavy atom. The first-order valence-electron chi connectivity index (χ1n) is 7.18. The van der Waals surface area contributed by atoms with Crippen LogP contribution < -0.4 is 5.32 Å². The molecule has 0 amide bonds. The molecule has 2 aromatic carbocycles. The van der Waals surface area contributed by atoms with Gasteiger partial charge in [-0.25, -0.2) is 0 Å². The van der Waals surface area contributed by atoms with Crippen molar-refractivity contribution >= 4 is 23.2 Å². The first-order valence-corrected chi connectivity index (χ1v) is 7.93. The molecule has 1 N–H and O–H groups in total. The number of rotatable bonds is 1. The molecule has 22 heavy (non-hydrogen) atoms. The minimum absolute atomic E-state index is 0.107. The normalized spacial score (nSPS) is 16.7. The maximum Gasteiger partial charge on any atom is 0.0737 e. The van der Waals surface area contributed by atoms with Gasteiger partial charge < -0.3 is 9.88 Å². The van der Waals surface area contributed by atoms with Crippen molar-refractivity contribution in [2.45, 2.75) is 12.6 Å². The van der Waals surface area contributed by atoms with E-state index < -0.39 is 0 Å². The van der Waals surface area contributed by atoms with Crippen LogP contribution in [0.5, 0.6) is 0 Å². The largest absolute Gasteiger partial charge is 0.319 e. The van der Waals surface area contributed by atoms with Gasteiger partial charge in [0.2, 0.25) is 0 Å². The maximum absolute atomic E-state index is 6.39. The number of nitrogens with one attached hydrogen (secondary N) is 1. The van der Waals surface area contributed by atoms with Gasteiger partial charge in [-0.1, -0.05) is 41.4 Å². The van der Waals surface area contributed by atoms with E-state index in [-0.39, 0.29) is 6.04 Å². The second kappa shape index (κ2) is 5.47. The summed E-state index contributed by atoms with van der Waals surface area (Å²) in [5.41, 5.74) is 4.64. The Labute approximate surface area is 139 Å². The number of benzene rings is 2. The van der Waals surface area contributed by atoms with Crippen LogP contribution in [0.2, 0.25) is 10.0 Å². The number of hydrogen-bond donors (Lipinski definition) is 1. The van der Waals surface area contributed by atoms with Crippen molar-refractivity contribution in [3.05, 3.63) is 87.7 Å². The molecular weight excluding hydrogens is 315 g/mol. The second-order valence-electron chi connectivity index (χ2n) is 5.41. The van der Waals surface area contributed by atoms with Crippen LogP contribution in [0.15, 0.2) is 60.8 Å². The lowest BCUT2D eigenvalue weighted by atomic mass is 10.0. The SMILES string of the molecule is Clc1ccc(C2NCc3c(Cl)cccc3-n3cccc32)cc1. The van der Waals surface area contributed by atoms with Crippen LogP contribution in [0.4, 0.5) is 0 Å². The number of hydrogen-bond acceptors (Lipinski definition) is 1. The van der Waals surface area contributed by atoms with Gasteiger partial charge in [-0.05, 0) is 42.0 Å². The summed E-state index contributed by atoms with van der Waals surface area (Å²) in [5.74, 6) is 0. The molecule has 0 fully saturated rings. The van der Waals surface area contributed by atoms with Gasteiger partial charge in [-0.2, -0.15) is 0 Å². The van der Waals surface area contributed by atoms with E-state index in [1.807, 2.05) is 24.3 Å². The van der Waals surface area contributed by atoms with Gasteiger partial charge in [-0.15, -0.1) is 0 Å². The van der Waals surface area contributed by atoms with Crippen LogP contribution in [0.3, 0.4) is 0 Å². The molecular formula is C18H14Cl2N2. The van der Waals surface area contributed by atoms with Crippen molar-refractivity contribution < 1.29 is 0 Å². The zero-order valence-corrected chi connectivity index (χ0v) is 13.3. The molecule has 4 rings (SSSR count). The van der Waals surface area contributed by atoms with Crippen molar-refractivity contribution in [3.63, 3.8) is 0 Å². The number of aromatic nitrogens is 1. The molecule has 0 spiro atoms. The highest BCUT2D eigenvalue weighted by molar-refractivity contribution is 6.31. The summed E-state index contributed by atoms with van der Waals surface area (Å²) < 4.78 is 2.21. The van der Waals surface area contributed by atoms with E-state index in [2.05, 4.69) is 46.4 Å². The standard InChI is InChI=1S/C18H14Cl2N2/c19-13-8-6-12(7-9-13)18-17-5-2-10-22(17)16-4-1-3-15(20)14(16)11-21-18/h1-10,18,21H,11H2. The van der Waals surface area contributed by atoms with Gasteiger partial charge in [0.1, 0.15) is 0 Å². The predicted molar refractivity (Wildman–Crippen MR) is 90.9 cm³/mol. The third-order valence-corrected chi connectivity index (χ3v) is 4.72. The smallest absolute Gasteiger partial charge is 0.0737 e. The van der Waals surface area contributed by atoms with Crippen molar-refractivity contribution in [2.75, 3.05) is 0 Å². The van der Waals surface area contributed by atoms with Crippen LogP contribution >= 0.6 is 23.2 Å². The Morgan fingerprint density at radius 2 is 1.77 bits per heavy atom. The molecule has 2 nitrogen and oxygen atoms in total. The molecule has 1 unspecified atom stereocenters. The quantitative estimate of drug-likeness (QED) is 0.666. The first kappa shape index (κ1) is 13.9. The summed E-state index contributed by atoms with van der Waals surface area (Å²) in [4.78, 5) is 0. The summed E-state index contributed by atoms with van der Waals surface area (Å²) >= 11 is 12.4. The molecule has 0 bridgehead atoms. The lowest BCUT2D eigenvalue weighted by Crippen LogP contribution is -2.21. The summed E-state index contributed by atoms with van der Waals surface area (Å²) in [6, 6.07) is 18.3. The van der Waals surface area contributed by atoms with Crippen molar-refractivity contribution in [3.8, 4) is 5.69 Å². The van der Waals surface area contributed by atoms with E-state index in [4.69, 9.17) is 23.2 Å². The van der Waals surface area contributed by atoms with E-state index >= 15 is 0 Å². The molecule has 0 saturated heterocycles. The lowest BCUT2D eigenvalue weighted by Gasteiger charge is -2.18. The van der Waals surface area contributed by atoms with Gasteiger partial charge in [0.05, 0.1) is 11.7 Å². The van der Waals surface area contributed by atoms with E-state index in [9.17, 15) is 0 Å². The highest BCUT2D eigenvalue weighted by Crippen LogP contribution is 2.33. The Morgan fingerprint density at radius 3 is 2.59 bits per heavy atom. The van der Waals surface area contributed by atoms with Gasteiger partial charge >= 0.3 is 0 Å². The molecule has 3 aromatic rings. The fourth-order valence-corrected chi connectivity index (χ4v) is 3.41. The Kier molecular flexibility index (Phi) is 3.45. The van der Waals surface area contributed by atoms with E-state index in [0.29, 0.717) is 0 Å². The Balaban J connectivity index is 1.87. The topological polar surface area (TPSA) is 17.0 Å². The third kappa shape index (κ3) is 2.24. The number of fused-ring (bicyclic) bond motifs is 3. The van der Waals surface area contributed by atoms with E-state index in [1.54, 1.807) is 0 Å². The minimum atomic E-state index is 0.107. The molecule has 2 heterocycles. The molecule has 4 heteroatoms. The van der Waals surface area contributed by atoms with E-state index in [0.717, 1.165) is 27.8 Å². The van der Waals surface area contributed by atoms with Gasteiger partial charge in [0, 0.05) is 34.0 Å². The number of halogens is 2. The Hall–Kier alpha value is -1.74. The highest BCUT2D eigenvalue weighted by atomic mass is 35.5. The second-order valence-corrected chi connectivity index (χ2v) is 6.25. The van der Waals surface area contributed by atoms with Gasteiger partial charge in [0.15, 0.2) is 0 Å². The molecule has 1 aromatic heterocycles. The molecule has 1 aliphatic heterocycles. The minimum Gasteiger partial charge on any atom is -0.319 e. The van der Waals surface area contributed by atoms with Crippen molar-refractivity contribution in [1.29, 1.82) is 0 Å². The monoisotopic (exact) mass is 328 g/mol. The van der Waals surface area contributed by atoms with Crippen LogP contribution in [-0.2, 0) is 6.54 Å². The highest BCUT2D eigenvalue weighted by Gasteiger charge is 2.23. The molecule has 110 valence electrons. The van der Waals surface area contributed by atoms with Crippen LogP contribution in [0.25, 0.3) is 5.69 Å². The van der Waals surface area contributed by atoms with Gasteiger partial charge in [0.25, 0.3) is 0 Å². The summed E-state index contributed by atoms with van der Waals surface area (Å²) in [7, 11) is 0. The zero-order valence-electron chi connectivity index (χ0n) is 11.8. The summed E-state index contributed by atoms with van der Waals surface area (Å²) in [6.45, 7) is 0.726. The Bertz CT molecular complexity index is 821. The average molecular weight is 329 g/mol. The van der Waals surface area contributed by atoms with Gasteiger partial charge in [-0.3, -0.25) is 0 Å². The summed E-state index contributed by atoms with van der Waals surface area (Å²) in [5, 5.41) is 5.15. The first-order chi connectivity index (χ1) is 10.7. The summed E-state index contributed by atoms with van der Waals surface area (Å²) in [6.07, 6.45) is 2.08. The molecule has 1 aliphatic rings. The fourth-order valence-electron chi connectivity index (χ4n) is 3.05. The van der Waals surface area contributed by atoms with Crippen LogP contribution in [0.1, 0.15) is 22.9 Å². The predicted octanol–water partition coefficient (Wildman–Crippen LogP) is 4.98. The lowest BCUT2D eigenvalue weighted by molar-refractivity contribution is 0.601. The van der Waals surface area contributed by atoms with Crippen molar-refractivity contribution in [1.82, 2.24) is 9.88 Å². The van der Waals surface area contributed by atoms with Crippen LogP contribution in [-0.4, -0.2) is 4.57 Å². The number of nitrogens with zero attached hydrogens (tertiary/aromatic N) is 1. The fraction of sp³-hybridized carbons (Fsp3) is 0.111. The van der Waals surface area contributed by atoms with E-state index in [1.165, 1.54) is 11.3 Å². The molecule has 0 radical (unpaired) electrons. The van der Waals surface area contributed by atoms with Crippen molar-refractivity contribution in [2.24, 2.45) is 0 Å².